The summed E-state index contributed by atoms with van der Waals surface area (Å²) in [5, 5.41) is 19.7. The van der Waals surface area contributed by atoms with E-state index in [0.29, 0.717) is 22.6 Å². The summed E-state index contributed by atoms with van der Waals surface area (Å²) in [4.78, 5) is 14.3. The number of hydrogen-bond donors (Lipinski definition) is 0. The van der Waals surface area contributed by atoms with E-state index in [4.69, 9.17) is 10.00 Å². The fourth-order valence-corrected chi connectivity index (χ4v) is 1.91. The molecule has 0 radical (unpaired) electrons. The molecule has 0 amide bonds. The van der Waals surface area contributed by atoms with E-state index in [0.717, 1.165) is 5.56 Å². The predicted molar refractivity (Wildman–Crippen MR) is 75.9 cm³/mol. The standard InChI is InChI=1S/C15H13N3O3/c1-10-6-15(11(2)5-14(10)18(19)20)21-9-12-3-4-17-13(7-12)8-16/h3-7H,9H2,1-2H3. The third-order valence-corrected chi connectivity index (χ3v) is 3.02. The molecule has 1 aromatic carbocycles. The first-order valence-electron chi connectivity index (χ1n) is 6.24. The van der Waals surface area contributed by atoms with Crippen LogP contribution in [0.3, 0.4) is 0 Å². The molecule has 0 saturated carbocycles. The number of pyridine rings is 1. The number of nitro groups is 1. The van der Waals surface area contributed by atoms with Gasteiger partial charge >= 0.3 is 0 Å². The summed E-state index contributed by atoms with van der Waals surface area (Å²) in [7, 11) is 0. The number of hydrogen-bond acceptors (Lipinski definition) is 5. The number of nitrogens with zero attached hydrogens (tertiary/aromatic N) is 3. The van der Waals surface area contributed by atoms with Gasteiger partial charge in [0, 0.05) is 17.8 Å². The number of benzene rings is 1. The van der Waals surface area contributed by atoms with Crippen LogP contribution in [0, 0.1) is 35.3 Å². The van der Waals surface area contributed by atoms with Gasteiger partial charge in [0.05, 0.1) is 4.92 Å². The summed E-state index contributed by atoms with van der Waals surface area (Å²) in [6.45, 7) is 3.70. The number of nitro benzene ring substituents is 1. The van der Waals surface area contributed by atoms with Crippen LogP contribution in [0.5, 0.6) is 5.75 Å². The van der Waals surface area contributed by atoms with E-state index in [1.165, 1.54) is 6.07 Å². The predicted octanol–water partition coefficient (Wildman–Crippen LogP) is 3.06. The average Bonchev–Trinajstić information content (AvgIpc) is 2.47. The molecule has 2 rings (SSSR count). The number of aryl methyl sites for hydroxylation is 2. The second kappa shape index (κ2) is 6.01. The Morgan fingerprint density at radius 2 is 2.10 bits per heavy atom. The van der Waals surface area contributed by atoms with Crippen molar-refractivity contribution < 1.29 is 9.66 Å². The molecule has 0 saturated heterocycles. The first kappa shape index (κ1) is 14.5. The molecule has 0 unspecified atom stereocenters. The molecule has 1 heterocycles. The first-order chi connectivity index (χ1) is 10.0. The van der Waals surface area contributed by atoms with Crippen molar-refractivity contribution in [3.05, 3.63) is 63.0 Å². The molecule has 0 fully saturated rings. The van der Waals surface area contributed by atoms with E-state index in [1.54, 1.807) is 38.2 Å². The summed E-state index contributed by atoms with van der Waals surface area (Å²) in [5.74, 6) is 0.591. The first-order valence-corrected chi connectivity index (χ1v) is 6.24. The van der Waals surface area contributed by atoms with Crippen molar-refractivity contribution in [3.8, 4) is 11.8 Å². The molecule has 1 aromatic heterocycles. The monoisotopic (exact) mass is 283 g/mol. The SMILES string of the molecule is Cc1cc([N+](=O)[O-])c(C)cc1OCc1ccnc(C#N)c1. The van der Waals surface area contributed by atoms with Crippen LogP contribution < -0.4 is 4.74 Å². The van der Waals surface area contributed by atoms with Gasteiger partial charge in [-0.05, 0) is 43.2 Å². The van der Waals surface area contributed by atoms with Crippen LogP contribution in [0.15, 0.2) is 30.5 Å². The van der Waals surface area contributed by atoms with Crippen molar-refractivity contribution in [1.29, 1.82) is 5.26 Å². The molecule has 0 spiro atoms. The zero-order chi connectivity index (χ0) is 15.4. The van der Waals surface area contributed by atoms with Gasteiger partial charge in [0.25, 0.3) is 5.69 Å². The van der Waals surface area contributed by atoms with E-state index in [9.17, 15) is 10.1 Å². The van der Waals surface area contributed by atoms with Crippen molar-refractivity contribution in [1.82, 2.24) is 4.98 Å². The second-order valence-electron chi connectivity index (χ2n) is 4.61. The highest BCUT2D eigenvalue weighted by molar-refractivity contribution is 5.49. The third kappa shape index (κ3) is 3.34. The molecule has 21 heavy (non-hydrogen) atoms. The topological polar surface area (TPSA) is 89.1 Å². The lowest BCUT2D eigenvalue weighted by Crippen LogP contribution is -2.00. The maximum Gasteiger partial charge on any atom is 0.272 e. The molecule has 6 nitrogen and oxygen atoms in total. The van der Waals surface area contributed by atoms with Crippen molar-refractivity contribution in [2.24, 2.45) is 0 Å². The molecule has 0 aliphatic rings. The molecule has 0 aliphatic carbocycles. The van der Waals surface area contributed by atoms with Gasteiger partial charge in [0.2, 0.25) is 0 Å². The van der Waals surface area contributed by atoms with Crippen LogP contribution in [0.2, 0.25) is 0 Å². The fourth-order valence-electron chi connectivity index (χ4n) is 1.91. The van der Waals surface area contributed by atoms with Crippen LogP contribution in [0.1, 0.15) is 22.4 Å². The van der Waals surface area contributed by atoms with Crippen molar-refractivity contribution >= 4 is 5.69 Å². The molecule has 0 aliphatic heterocycles. The number of rotatable bonds is 4. The molecule has 0 bridgehead atoms. The Labute approximate surface area is 121 Å². The molecule has 2 aromatic rings. The summed E-state index contributed by atoms with van der Waals surface area (Å²) < 4.78 is 5.68. The molecule has 0 N–H and O–H groups in total. The minimum atomic E-state index is -0.409. The zero-order valence-electron chi connectivity index (χ0n) is 11.7. The highest BCUT2D eigenvalue weighted by Crippen LogP contribution is 2.28. The third-order valence-electron chi connectivity index (χ3n) is 3.02. The maximum atomic E-state index is 10.9. The molecule has 6 heteroatoms. The lowest BCUT2D eigenvalue weighted by Gasteiger charge is -2.10. The minimum Gasteiger partial charge on any atom is -0.489 e. The summed E-state index contributed by atoms with van der Waals surface area (Å²) in [6.07, 6.45) is 1.55. The Morgan fingerprint density at radius 3 is 2.76 bits per heavy atom. The van der Waals surface area contributed by atoms with Gasteiger partial charge in [0.1, 0.15) is 24.1 Å². The zero-order valence-corrected chi connectivity index (χ0v) is 11.7. The summed E-state index contributed by atoms with van der Waals surface area (Å²) in [5.41, 5.74) is 2.47. The smallest absolute Gasteiger partial charge is 0.272 e. The number of nitriles is 1. The molecule has 0 atom stereocenters. The van der Waals surface area contributed by atoms with Gasteiger partial charge in [0.15, 0.2) is 0 Å². The summed E-state index contributed by atoms with van der Waals surface area (Å²) >= 11 is 0. The average molecular weight is 283 g/mol. The minimum absolute atomic E-state index is 0.0792. The van der Waals surface area contributed by atoms with Crippen LogP contribution >= 0.6 is 0 Å². The Hall–Kier alpha value is -2.94. The Balaban J connectivity index is 2.19. The fraction of sp³-hybridized carbons (Fsp3) is 0.200. The Bertz CT molecular complexity index is 735. The Morgan fingerprint density at radius 1 is 1.33 bits per heavy atom. The van der Waals surface area contributed by atoms with Gasteiger partial charge < -0.3 is 4.74 Å². The molecular formula is C15H13N3O3. The van der Waals surface area contributed by atoms with Crippen LogP contribution in [0.25, 0.3) is 0 Å². The van der Waals surface area contributed by atoms with Crippen molar-refractivity contribution in [2.45, 2.75) is 20.5 Å². The van der Waals surface area contributed by atoms with Crippen LogP contribution in [-0.4, -0.2) is 9.91 Å². The second-order valence-corrected chi connectivity index (χ2v) is 4.61. The molecular weight excluding hydrogens is 270 g/mol. The van der Waals surface area contributed by atoms with Crippen molar-refractivity contribution in [2.75, 3.05) is 0 Å². The van der Waals surface area contributed by atoms with Crippen LogP contribution in [-0.2, 0) is 6.61 Å². The van der Waals surface area contributed by atoms with Gasteiger partial charge in [-0.3, -0.25) is 10.1 Å². The number of ether oxygens (including phenoxy) is 1. The van der Waals surface area contributed by atoms with Crippen molar-refractivity contribution in [3.63, 3.8) is 0 Å². The highest BCUT2D eigenvalue weighted by Gasteiger charge is 2.14. The normalized spacial score (nSPS) is 9.95. The van der Waals surface area contributed by atoms with E-state index in [-0.39, 0.29) is 12.3 Å². The molecule has 106 valence electrons. The quantitative estimate of drug-likeness (QED) is 0.635. The highest BCUT2D eigenvalue weighted by atomic mass is 16.6. The van der Waals surface area contributed by atoms with E-state index < -0.39 is 4.92 Å². The number of aromatic nitrogens is 1. The van der Waals surface area contributed by atoms with Gasteiger partial charge in [-0.2, -0.15) is 5.26 Å². The summed E-state index contributed by atoms with van der Waals surface area (Å²) in [6, 6.07) is 8.52. The lowest BCUT2D eigenvalue weighted by molar-refractivity contribution is -0.385. The largest absolute Gasteiger partial charge is 0.489 e. The van der Waals surface area contributed by atoms with Gasteiger partial charge in [-0.15, -0.1) is 0 Å². The van der Waals surface area contributed by atoms with Gasteiger partial charge in [-0.25, -0.2) is 4.98 Å². The lowest BCUT2D eigenvalue weighted by atomic mass is 10.1. The van der Waals surface area contributed by atoms with Crippen LogP contribution in [0.4, 0.5) is 5.69 Å². The maximum absolute atomic E-state index is 10.9. The van der Waals surface area contributed by atoms with E-state index in [2.05, 4.69) is 4.98 Å². The van der Waals surface area contributed by atoms with E-state index >= 15 is 0 Å². The van der Waals surface area contributed by atoms with E-state index in [1.807, 2.05) is 6.07 Å². The van der Waals surface area contributed by atoms with Gasteiger partial charge in [-0.1, -0.05) is 0 Å². The Kier molecular flexibility index (Phi) is 4.14.